The summed E-state index contributed by atoms with van der Waals surface area (Å²) in [5.41, 5.74) is 2.77. The molecule has 0 aliphatic carbocycles. The molecule has 3 nitrogen and oxygen atoms in total. The van der Waals surface area contributed by atoms with Crippen molar-refractivity contribution in [2.75, 3.05) is 5.75 Å². The Balaban J connectivity index is 3.02. The minimum Gasteiger partial charge on any atom is -0.192 e. The molecule has 1 aromatic rings. The van der Waals surface area contributed by atoms with Crippen LogP contribution in [0.5, 0.6) is 0 Å². The molecule has 0 N–H and O–H groups in total. The first-order valence-electron chi connectivity index (χ1n) is 6.19. The number of unbranched alkanes of at least 4 members (excludes halogenated alkanes) is 1. The Morgan fingerprint density at radius 3 is 2.47 bits per heavy atom. The van der Waals surface area contributed by atoms with Gasteiger partial charge in [0.25, 0.3) is 0 Å². The van der Waals surface area contributed by atoms with Gasteiger partial charge in [-0.25, -0.2) is 0 Å². The third kappa shape index (κ3) is 3.44. The van der Waals surface area contributed by atoms with Crippen LogP contribution in [-0.2, 0) is 12.8 Å². The summed E-state index contributed by atoms with van der Waals surface area (Å²) in [7, 11) is 0. The molecule has 0 unspecified atom stereocenters. The van der Waals surface area contributed by atoms with Crippen LogP contribution < -0.4 is 0 Å². The highest BCUT2D eigenvalue weighted by Crippen LogP contribution is 2.25. The molecule has 4 heteroatoms. The van der Waals surface area contributed by atoms with Crippen molar-refractivity contribution < 1.29 is 0 Å². The standard InChI is InChI=1S/C13H19N3S/c1-4-7-8-17-13-11(9-14)10(5-2)12(6-3)15-16-13/h4-8H2,1-3H3. The van der Waals surface area contributed by atoms with Crippen molar-refractivity contribution >= 4 is 11.8 Å². The smallest absolute Gasteiger partial charge is 0.137 e. The second-order valence-corrected chi connectivity index (χ2v) is 4.91. The van der Waals surface area contributed by atoms with Crippen molar-refractivity contribution in [3.63, 3.8) is 0 Å². The van der Waals surface area contributed by atoms with Crippen LogP contribution in [0.25, 0.3) is 0 Å². The summed E-state index contributed by atoms with van der Waals surface area (Å²) in [4.78, 5) is 0. The van der Waals surface area contributed by atoms with Crippen LogP contribution in [0.4, 0.5) is 0 Å². The highest BCUT2D eigenvalue weighted by atomic mass is 32.2. The van der Waals surface area contributed by atoms with E-state index in [0.29, 0.717) is 0 Å². The van der Waals surface area contributed by atoms with Gasteiger partial charge in [-0.2, -0.15) is 10.4 Å². The first kappa shape index (κ1) is 14.0. The van der Waals surface area contributed by atoms with Crippen LogP contribution in [0.15, 0.2) is 5.03 Å². The Morgan fingerprint density at radius 2 is 1.94 bits per heavy atom. The number of hydrogen-bond acceptors (Lipinski definition) is 4. The van der Waals surface area contributed by atoms with Gasteiger partial charge >= 0.3 is 0 Å². The first-order valence-corrected chi connectivity index (χ1v) is 7.18. The van der Waals surface area contributed by atoms with Gasteiger partial charge in [-0.15, -0.1) is 16.9 Å². The fourth-order valence-corrected chi connectivity index (χ4v) is 2.72. The Kier molecular flexibility index (Phi) is 5.99. The van der Waals surface area contributed by atoms with Crippen LogP contribution in [0.3, 0.4) is 0 Å². The predicted molar refractivity (Wildman–Crippen MR) is 71.1 cm³/mol. The lowest BCUT2D eigenvalue weighted by molar-refractivity contribution is 0.815. The highest BCUT2D eigenvalue weighted by Gasteiger charge is 2.14. The number of nitriles is 1. The Bertz CT molecular complexity index is 410. The van der Waals surface area contributed by atoms with Gasteiger partial charge in [-0.3, -0.25) is 0 Å². The lowest BCUT2D eigenvalue weighted by Gasteiger charge is -2.09. The molecule has 0 aromatic carbocycles. The third-order valence-electron chi connectivity index (χ3n) is 2.66. The Morgan fingerprint density at radius 1 is 1.18 bits per heavy atom. The fraction of sp³-hybridized carbons (Fsp3) is 0.615. The lowest BCUT2D eigenvalue weighted by Crippen LogP contribution is -2.04. The van der Waals surface area contributed by atoms with Crippen molar-refractivity contribution in [3.05, 3.63) is 16.8 Å². The van der Waals surface area contributed by atoms with Crippen LogP contribution in [-0.4, -0.2) is 16.0 Å². The third-order valence-corrected chi connectivity index (χ3v) is 3.71. The predicted octanol–water partition coefficient (Wildman–Crippen LogP) is 3.37. The number of aromatic nitrogens is 2. The molecule has 0 amide bonds. The second kappa shape index (κ2) is 7.29. The van der Waals surface area contributed by atoms with E-state index in [9.17, 15) is 5.26 Å². The molecule has 0 aliphatic heterocycles. The van der Waals surface area contributed by atoms with Gasteiger partial charge in [-0.05, 0) is 30.6 Å². The maximum atomic E-state index is 9.28. The average molecular weight is 249 g/mol. The van der Waals surface area contributed by atoms with E-state index in [-0.39, 0.29) is 0 Å². The van der Waals surface area contributed by atoms with Crippen molar-refractivity contribution in [1.82, 2.24) is 10.2 Å². The van der Waals surface area contributed by atoms with Gasteiger partial charge in [0.15, 0.2) is 0 Å². The van der Waals surface area contributed by atoms with Crippen molar-refractivity contribution in [1.29, 1.82) is 5.26 Å². The molecule has 1 aromatic heterocycles. The molecule has 0 bridgehead atoms. The van der Waals surface area contributed by atoms with Crippen molar-refractivity contribution in [2.45, 2.75) is 51.5 Å². The molecule has 0 atom stereocenters. The maximum absolute atomic E-state index is 9.28. The van der Waals surface area contributed by atoms with Crippen LogP contribution >= 0.6 is 11.8 Å². The number of hydrogen-bond donors (Lipinski definition) is 0. The first-order chi connectivity index (χ1) is 8.28. The minimum atomic E-state index is 0.737. The summed E-state index contributed by atoms with van der Waals surface area (Å²) >= 11 is 1.65. The lowest BCUT2D eigenvalue weighted by atomic mass is 10.1. The summed E-state index contributed by atoms with van der Waals surface area (Å²) < 4.78 is 0. The van der Waals surface area contributed by atoms with Gasteiger partial charge in [0.2, 0.25) is 0 Å². The number of rotatable bonds is 6. The Hall–Kier alpha value is -1.08. The molecule has 0 fully saturated rings. The molecule has 17 heavy (non-hydrogen) atoms. The van der Waals surface area contributed by atoms with E-state index in [1.54, 1.807) is 11.8 Å². The summed E-state index contributed by atoms with van der Waals surface area (Å²) in [6.07, 6.45) is 4.00. The van der Waals surface area contributed by atoms with Gasteiger partial charge < -0.3 is 0 Å². The summed E-state index contributed by atoms with van der Waals surface area (Å²) in [6.45, 7) is 6.28. The topological polar surface area (TPSA) is 49.6 Å². The van der Waals surface area contributed by atoms with E-state index in [1.807, 2.05) is 6.92 Å². The van der Waals surface area contributed by atoms with E-state index in [2.05, 4.69) is 30.1 Å². The molecule has 0 aliphatic rings. The summed E-state index contributed by atoms with van der Waals surface area (Å²) in [5.74, 6) is 1.01. The van der Waals surface area contributed by atoms with Gasteiger partial charge in [0.1, 0.15) is 11.1 Å². The zero-order chi connectivity index (χ0) is 12.7. The number of aryl methyl sites for hydroxylation is 1. The number of thioether (sulfide) groups is 1. The molecule has 1 heterocycles. The van der Waals surface area contributed by atoms with E-state index >= 15 is 0 Å². The molecule has 0 saturated carbocycles. The molecular formula is C13H19N3S. The van der Waals surface area contributed by atoms with Crippen LogP contribution in [0, 0.1) is 11.3 Å². The SMILES string of the molecule is CCCCSc1nnc(CC)c(CC)c1C#N. The quantitative estimate of drug-likeness (QED) is 0.573. The van der Waals surface area contributed by atoms with E-state index in [1.165, 1.54) is 0 Å². The van der Waals surface area contributed by atoms with Crippen LogP contribution in [0.1, 0.15) is 50.4 Å². The summed E-state index contributed by atoms with van der Waals surface area (Å²) in [6, 6.07) is 2.29. The maximum Gasteiger partial charge on any atom is 0.137 e. The summed E-state index contributed by atoms with van der Waals surface area (Å²) in [5, 5.41) is 18.5. The second-order valence-electron chi connectivity index (χ2n) is 3.83. The van der Waals surface area contributed by atoms with Crippen molar-refractivity contribution in [2.24, 2.45) is 0 Å². The Labute approximate surface area is 108 Å². The minimum absolute atomic E-state index is 0.737. The number of nitrogens with zero attached hydrogens (tertiary/aromatic N) is 3. The molecule has 0 saturated heterocycles. The molecule has 92 valence electrons. The monoisotopic (exact) mass is 249 g/mol. The molecule has 0 spiro atoms. The average Bonchev–Trinajstić information content (AvgIpc) is 2.38. The largest absolute Gasteiger partial charge is 0.192 e. The molecular weight excluding hydrogens is 230 g/mol. The van der Waals surface area contributed by atoms with E-state index in [4.69, 9.17) is 0 Å². The fourth-order valence-electron chi connectivity index (χ4n) is 1.68. The van der Waals surface area contributed by atoms with E-state index in [0.717, 1.165) is 53.3 Å². The zero-order valence-electron chi connectivity index (χ0n) is 10.8. The van der Waals surface area contributed by atoms with E-state index < -0.39 is 0 Å². The van der Waals surface area contributed by atoms with Crippen LogP contribution in [0.2, 0.25) is 0 Å². The van der Waals surface area contributed by atoms with Crippen molar-refractivity contribution in [3.8, 4) is 6.07 Å². The highest BCUT2D eigenvalue weighted by molar-refractivity contribution is 7.99. The van der Waals surface area contributed by atoms with Gasteiger partial charge in [0.05, 0.1) is 11.3 Å². The molecule has 0 radical (unpaired) electrons. The normalized spacial score (nSPS) is 10.2. The molecule has 1 rings (SSSR count). The van der Waals surface area contributed by atoms with Gasteiger partial charge in [0, 0.05) is 0 Å². The van der Waals surface area contributed by atoms with Gasteiger partial charge in [-0.1, -0.05) is 27.2 Å². The zero-order valence-corrected chi connectivity index (χ0v) is 11.6.